The van der Waals surface area contributed by atoms with Crippen LogP contribution < -0.4 is 5.32 Å². The molecule has 7 nitrogen and oxygen atoms in total. The van der Waals surface area contributed by atoms with Gasteiger partial charge in [-0.3, -0.25) is 14.6 Å². The summed E-state index contributed by atoms with van der Waals surface area (Å²) >= 11 is 0. The van der Waals surface area contributed by atoms with Gasteiger partial charge in [-0.2, -0.15) is 0 Å². The predicted molar refractivity (Wildman–Crippen MR) is 132 cm³/mol. The van der Waals surface area contributed by atoms with Crippen LogP contribution in [-0.2, 0) is 11.3 Å². The molecule has 1 aliphatic rings. The summed E-state index contributed by atoms with van der Waals surface area (Å²) in [5.74, 6) is -0.889. The Balaban J connectivity index is 1.61. The van der Waals surface area contributed by atoms with Crippen LogP contribution >= 0.6 is 0 Å². The number of aromatic nitrogens is 1. The lowest BCUT2D eigenvalue weighted by Gasteiger charge is -2.19. The third kappa shape index (κ3) is 6.91. The molecule has 2 amide bonds. The number of likely N-dealkylation sites (N-methyl/N-ethyl adjacent to an activating group) is 2. The minimum atomic E-state index is -0.419. The Hall–Kier alpha value is -3.16. The molecule has 2 heterocycles. The number of allylic oxidation sites excluding steroid dienone is 1. The number of nitrogens with zero attached hydrogens (tertiary/aromatic N) is 4. The molecule has 0 spiro atoms. The van der Waals surface area contributed by atoms with Gasteiger partial charge in [-0.15, -0.1) is 0 Å². The van der Waals surface area contributed by atoms with Gasteiger partial charge in [0.15, 0.2) is 0 Å². The fourth-order valence-electron chi connectivity index (χ4n) is 3.74. The molecule has 1 aromatic carbocycles. The van der Waals surface area contributed by atoms with Crippen LogP contribution in [-0.4, -0.2) is 73.1 Å². The van der Waals surface area contributed by atoms with Gasteiger partial charge in [0.05, 0.1) is 11.5 Å². The summed E-state index contributed by atoms with van der Waals surface area (Å²) in [6.45, 7) is 6.81. The third-order valence-electron chi connectivity index (χ3n) is 5.71. The van der Waals surface area contributed by atoms with Crippen LogP contribution in [0.1, 0.15) is 29.8 Å². The van der Waals surface area contributed by atoms with Crippen LogP contribution in [0.5, 0.6) is 0 Å². The number of amides is 2. The molecule has 0 saturated carbocycles. The highest BCUT2D eigenvalue weighted by atomic mass is 16.2. The topological polar surface area (TPSA) is 77.9 Å². The number of carbonyl (C=O) groups excluding carboxylic acids is 2. The van der Waals surface area contributed by atoms with Crippen molar-refractivity contribution in [3.63, 3.8) is 0 Å². The van der Waals surface area contributed by atoms with Gasteiger partial charge in [-0.25, -0.2) is 4.99 Å². The molecule has 0 radical (unpaired) electrons. The Morgan fingerprint density at radius 3 is 2.42 bits per heavy atom. The van der Waals surface area contributed by atoms with E-state index in [1.807, 2.05) is 19.1 Å². The van der Waals surface area contributed by atoms with Crippen molar-refractivity contribution in [1.29, 1.82) is 0 Å². The number of benzene rings is 1. The smallest absolute Gasteiger partial charge is 0.254 e. The highest BCUT2D eigenvalue weighted by Crippen LogP contribution is 2.21. The predicted octanol–water partition coefficient (Wildman–Crippen LogP) is 3.04. The quantitative estimate of drug-likeness (QED) is 0.639. The van der Waals surface area contributed by atoms with E-state index < -0.39 is 5.92 Å². The highest BCUT2D eigenvalue weighted by Gasteiger charge is 2.24. The Bertz CT molecular complexity index is 1060. The summed E-state index contributed by atoms with van der Waals surface area (Å²) in [6.07, 6.45) is 5.18. The average molecular weight is 448 g/mol. The summed E-state index contributed by atoms with van der Waals surface area (Å²) in [5, 5.41) is 2.85. The zero-order chi connectivity index (χ0) is 24.0. The van der Waals surface area contributed by atoms with E-state index in [-0.39, 0.29) is 18.4 Å². The molecule has 3 rings (SSSR count). The van der Waals surface area contributed by atoms with Crippen molar-refractivity contribution in [3.05, 3.63) is 65.5 Å². The van der Waals surface area contributed by atoms with Crippen LogP contribution in [0.25, 0.3) is 11.1 Å². The number of nitrogens with one attached hydrogen (secondary N) is 1. The van der Waals surface area contributed by atoms with E-state index in [0.29, 0.717) is 11.3 Å². The van der Waals surface area contributed by atoms with Gasteiger partial charge >= 0.3 is 0 Å². The van der Waals surface area contributed by atoms with E-state index in [1.54, 1.807) is 19.3 Å². The highest BCUT2D eigenvalue weighted by molar-refractivity contribution is 6.06. The first kappa shape index (κ1) is 24.5. The zero-order valence-electron chi connectivity index (χ0n) is 20.1. The first-order valence-electron chi connectivity index (χ1n) is 11.2. The second-order valence-electron chi connectivity index (χ2n) is 8.94. The van der Waals surface area contributed by atoms with Crippen molar-refractivity contribution in [3.8, 4) is 11.1 Å². The van der Waals surface area contributed by atoms with Crippen LogP contribution in [0.2, 0.25) is 0 Å². The van der Waals surface area contributed by atoms with Crippen molar-refractivity contribution in [1.82, 2.24) is 20.1 Å². The number of hydrogen-bond donors (Lipinski definition) is 1. The van der Waals surface area contributed by atoms with Crippen LogP contribution in [0.4, 0.5) is 0 Å². The van der Waals surface area contributed by atoms with E-state index in [1.165, 1.54) is 5.56 Å². The summed E-state index contributed by atoms with van der Waals surface area (Å²) in [6, 6.07) is 10.2. The molecule has 1 aliphatic heterocycles. The van der Waals surface area contributed by atoms with Gasteiger partial charge in [-0.05, 0) is 58.3 Å². The molecule has 1 aromatic heterocycles. The summed E-state index contributed by atoms with van der Waals surface area (Å²) in [7, 11) is 6.27. The van der Waals surface area contributed by atoms with Gasteiger partial charge in [0.1, 0.15) is 0 Å². The summed E-state index contributed by atoms with van der Waals surface area (Å²) in [4.78, 5) is 37.6. The van der Waals surface area contributed by atoms with E-state index in [2.05, 4.69) is 70.5 Å². The molecular weight excluding hydrogens is 414 g/mol. The molecule has 174 valence electrons. The maximum absolute atomic E-state index is 12.7. The van der Waals surface area contributed by atoms with Gasteiger partial charge in [-0.1, -0.05) is 29.8 Å². The van der Waals surface area contributed by atoms with Crippen LogP contribution in [0.3, 0.4) is 0 Å². The molecular formula is C26H33N5O2. The lowest BCUT2D eigenvalue weighted by Crippen LogP contribution is -2.34. The maximum atomic E-state index is 12.7. The molecule has 0 aliphatic carbocycles. The summed E-state index contributed by atoms with van der Waals surface area (Å²) < 4.78 is 0. The van der Waals surface area contributed by atoms with Crippen molar-refractivity contribution in [2.75, 3.05) is 40.8 Å². The number of pyridine rings is 1. The Kier molecular flexibility index (Phi) is 8.25. The fourth-order valence-corrected chi connectivity index (χ4v) is 3.74. The number of dihydropyridines is 1. The summed E-state index contributed by atoms with van der Waals surface area (Å²) in [5.41, 5.74) is 5.18. The zero-order valence-corrected chi connectivity index (χ0v) is 20.1. The van der Waals surface area contributed by atoms with Gasteiger partial charge in [0.2, 0.25) is 0 Å². The largest absolute Gasteiger partial charge is 0.351 e. The lowest BCUT2D eigenvalue weighted by molar-refractivity contribution is -0.120. The van der Waals surface area contributed by atoms with E-state index in [4.69, 9.17) is 0 Å². The van der Waals surface area contributed by atoms with Crippen LogP contribution in [0.15, 0.2) is 59.4 Å². The van der Waals surface area contributed by atoms with Gasteiger partial charge < -0.3 is 15.1 Å². The monoisotopic (exact) mass is 447 g/mol. The number of hydrogen-bond acceptors (Lipinski definition) is 5. The minimum Gasteiger partial charge on any atom is -0.351 e. The Labute approximate surface area is 196 Å². The van der Waals surface area contributed by atoms with Crippen molar-refractivity contribution >= 4 is 17.5 Å². The average Bonchev–Trinajstić information content (AvgIpc) is 2.77. The molecule has 1 N–H and O–H groups in total. The molecule has 1 unspecified atom stereocenters. The van der Waals surface area contributed by atoms with E-state index in [9.17, 15) is 9.59 Å². The maximum Gasteiger partial charge on any atom is 0.254 e. The number of aliphatic imine (C=N–C) groups is 1. The molecule has 7 heteroatoms. The first-order chi connectivity index (χ1) is 15.7. The van der Waals surface area contributed by atoms with Crippen molar-refractivity contribution < 1.29 is 9.59 Å². The Morgan fingerprint density at radius 1 is 1.03 bits per heavy atom. The molecule has 1 atom stereocenters. The second kappa shape index (κ2) is 11.1. The fraction of sp³-hybridized carbons (Fsp3) is 0.385. The van der Waals surface area contributed by atoms with Gasteiger partial charge in [0, 0.05) is 49.8 Å². The van der Waals surface area contributed by atoms with Gasteiger partial charge in [0.25, 0.3) is 11.8 Å². The molecule has 0 bridgehead atoms. The van der Waals surface area contributed by atoms with E-state index in [0.717, 1.165) is 36.3 Å². The SMILES string of the molecule is CC1=CC(C)=NC(=O)C1CNC(=O)c1cncc(-c2ccc(CN(C)CCN(C)C)cc2)c1. The lowest BCUT2D eigenvalue weighted by atomic mass is 9.95. The standard InChI is InChI=1S/C26H33N5O2/c1-18-12-19(2)29-26(33)24(18)16-28-25(32)23-13-22(14-27-15-23)21-8-6-20(7-9-21)17-31(5)11-10-30(3)4/h6-9,12-15,24H,10-11,16-17H2,1-5H3,(H,28,32). The van der Waals surface area contributed by atoms with Crippen LogP contribution in [0, 0.1) is 5.92 Å². The van der Waals surface area contributed by atoms with Crippen molar-refractivity contribution in [2.45, 2.75) is 20.4 Å². The van der Waals surface area contributed by atoms with E-state index >= 15 is 0 Å². The molecule has 33 heavy (non-hydrogen) atoms. The number of carbonyl (C=O) groups is 2. The molecule has 0 saturated heterocycles. The number of rotatable bonds is 9. The molecule has 0 fully saturated rings. The Morgan fingerprint density at radius 2 is 1.76 bits per heavy atom. The third-order valence-corrected chi connectivity index (χ3v) is 5.71. The minimum absolute atomic E-state index is 0.216. The van der Waals surface area contributed by atoms with Crippen molar-refractivity contribution in [2.24, 2.45) is 10.9 Å². The first-order valence-corrected chi connectivity index (χ1v) is 11.2. The molecule has 2 aromatic rings. The normalized spacial score (nSPS) is 16.1. The second-order valence-corrected chi connectivity index (χ2v) is 8.94.